The number of nitrogens with zero attached hydrogens (tertiary/aromatic N) is 2. The first-order valence-electron chi connectivity index (χ1n) is 5.83. The summed E-state index contributed by atoms with van der Waals surface area (Å²) in [6.45, 7) is 0.354. The summed E-state index contributed by atoms with van der Waals surface area (Å²) in [5.74, 6) is 0. The Kier molecular flexibility index (Phi) is 9.68. The van der Waals surface area contributed by atoms with Gasteiger partial charge in [-0.05, 0) is 23.8 Å². The Hall–Kier alpha value is -1.41. The largest absolute Gasteiger partial charge is 2.00 e. The van der Waals surface area contributed by atoms with Crippen LogP contribution in [-0.4, -0.2) is 53.7 Å². The van der Waals surface area contributed by atoms with Crippen molar-refractivity contribution in [1.29, 1.82) is 0 Å². The van der Waals surface area contributed by atoms with Crippen LogP contribution in [0.15, 0.2) is 48.8 Å². The van der Waals surface area contributed by atoms with Crippen molar-refractivity contribution in [3.63, 3.8) is 0 Å². The van der Waals surface area contributed by atoms with Crippen LogP contribution in [-0.2, 0) is 6.54 Å². The van der Waals surface area contributed by atoms with Crippen molar-refractivity contribution >= 4 is 55.1 Å². The van der Waals surface area contributed by atoms with Gasteiger partial charge in [0.25, 0.3) is 5.69 Å². The number of rotatable bonds is 4. The molecule has 0 bridgehead atoms. The summed E-state index contributed by atoms with van der Waals surface area (Å²) in [7, 11) is 0. The van der Waals surface area contributed by atoms with Gasteiger partial charge >= 0.3 is 43.8 Å². The van der Waals surface area contributed by atoms with Crippen LogP contribution in [0.5, 0.6) is 0 Å². The fourth-order valence-electron chi connectivity index (χ4n) is 1.53. The smallest absolute Gasteiger partial charge is 1.00 e. The van der Waals surface area contributed by atoms with Crippen molar-refractivity contribution in [2.24, 2.45) is 0 Å². The van der Waals surface area contributed by atoms with Crippen LogP contribution in [0.2, 0.25) is 0 Å². The normalized spacial score (nSPS) is 8.91. The zero-order valence-electron chi connectivity index (χ0n) is 11.5. The minimum absolute atomic E-state index is 0. The zero-order chi connectivity index (χ0) is 14.4. The van der Waals surface area contributed by atoms with E-state index in [1.165, 1.54) is 24.3 Å². The van der Waals surface area contributed by atoms with Crippen LogP contribution in [0.4, 0.5) is 16.2 Å². The second-order valence-electron chi connectivity index (χ2n) is 3.97. The predicted octanol–water partition coefficient (Wildman–Crippen LogP) is -1.07. The molecule has 1 aromatic heterocycles. The van der Waals surface area contributed by atoms with E-state index in [1.807, 2.05) is 6.07 Å². The molecular weight excluding hydrogens is 336 g/mol. The third kappa shape index (κ3) is 6.57. The Labute approximate surface area is 163 Å². The number of amides is 2. The third-order valence-corrected chi connectivity index (χ3v) is 2.51. The third-order valence-electron chi connectivity index (χ3n) is 2.51. The predicted molar refractivity (Wildman–Crippen MR) is 78.9 cm³/mol. The van der Waals surface area contributed by atoms with Gasteiger partial charge in [-0.1, -0.05) is 6.07 Å². The molecule has 110 valence electrons. The Bertz CT molecular complexity index is 610. The molecule has 22 heavy (non-hydrogen) atoms. The molecule has 2 N–H and O–H groups in total. The van der Waals surface area contributed by atoms with Gasteiger partial charge in [0.2, 0.25) is 0 Å². The van der Waals surface area contributed by atoms with Gasteiger partial charge in [-0.3, -0.25) is 15.1 Å². The first-order chi connectivity index (χ1) is 9.65. The molecule has 0 aliphatic heterocycles. The SMILES string of the molecule is O=C(NCc1cccnc1)Nc1ccc([N+](=O)[O-])cc1.[Ca+2].[Cl-]. The maximum Gasteiger partial charge on any atom is 2.00 e. The van der Waals surface area contributed by atoms with Crippen LogP contribution >= 0.6 is 0 Å². The molecule has 2 amide bonds. The van der Waals surface area contributed by atoms with Crippen molar-refractivity contribution in [3.8, 4) is 0 Å². The minimum Gasteiger partial charge on any atom is -1.00 e. The summed E-state index contributed by atoms with van der Waals surface area (Å²) in [4.78, 5) is 25.6. The molecule has 1 heterocycles. The Morgan fingerprint density at radius 1 is 1.23 bits per heavy atom. The average Bonchev–Trinajstić information content (AvgIpc) is 2.47. The first-order valence-corrected chi connectivity index (χ1v) is 5.83. The summed E-state index contributed by atoms with van der Waals surface area (Å²) in [5.41, 5.74) is 1.34. The number of anilines is 1. The van der Waals surface area contributed by atoms with Gasteiger partial charge in [0.15, 0.2) is 0 Å². The number of hydrogen-bond donors (Lipinski definition) is 2. The molecule has 9 heteroatoms. The molecule has 0 aliphatic carbocycles. The minimum atomic E-state index is -0.494. The van der Waals surface area contributed by atoms with Crippen LogP contribution < -0.4 is 23.0 Å². The maximum atomic E-state index is 11.6. The van der Waals surface area contributed by atoms with E-state index in [9.17, 15) is 14.9 Å². The van der Waals surface area contributed by atoms with Gasteiger partial charge in [0, 0.05) is 36.8 Å². The van der Waals surface area contributed by atoms with Crippen LogP contribution in [0.25, 0.3) is 0 Å². The van der Waals surface area contributed by atoms with E-state index >= 15 is 0 Å². The average molecular weight is 348 g/mol. The number of hydrogen-bond acceptors (Lipinski definition) is 4. The second kappa shape index (κ2) is 10.3. The van der Waals surface area contributed by atoms with Gasteiger partial charge < -0.3 is 23.0 Å². The van der Waals surface area contributed by atoms with Gasteiger partial charge in [0.05, 0.1) is 4.92 Å². The topological polar surface area (TPSA) is 97.2 Å². The number of nitrogens with one attached hydrogen (secondary N) is 2. The van der Waals surface area contributed by atoms with Crippen molar-refractivity contribution in [2.75, 3.05) is 5.32 Å². The molecule has 0 saturated carbocycles. The van der Waals surface area contributed by atoms with Gasteiger partial charge in [-0.25, -0.2) is 4.79 Å². The quantitative estimate of drug-likeness (QED) is 0.418. The van der Waals surface area contributed by atoms with Crippen LogP contribution in [0.3, 0.4) is 0 Å². The fraction of sp³-hybridized carbons (Fsp3) is 0.0769. The summed E-state index contributed by atoms with van der Waals surface area (Å²) >= 11 is 0. The molecule has 0 spiro atoms. The van der Waals surface area contributed by atoms with E-state index in [1.54, 1.807) is 18.5 Å². The molecule has 1 aromatic carbocycles. The Morgan fingerprint density at radius 2 is 1.91 bits per heavy atom. The molecular formula is C13H12CaClN4O3+. The van der Waals surface area contributed by atoms with E-state index in [2.05, 4.69) is 15.6 Å². The van der Waals surface area contributed by atoms with Gasteiger partial charge in [-0.2, -0.15) is 0 Å². The van der Waals surface area contributed by atoms with Crippen molar-refractivity contribution < 1.29 is 22.1 Å². The molecule has 0 aliphatic rings. The zero-order valence-corrected chi connectivity index (χ0v) is 14.5. The molecule has 0 saturated heterocycles. The number of halogens is 1. The van der Waals surface area contributed by atoms with E-state index in [0.29, 0.717) is 12.2 Å². The van der Waals surface area contributed by atoms with E-state index in [-0.39, 0.29) is 61.9 Å². The summed E-state index contributed by atoms with van der Waals surface area (Å²) < 4.78 is 0. The maximum absolute atomic E-state index is 11.6. The number of pyridine rings is 1. The summed E-state index contributed by atoms with van der Waals surface area (Å²) in [6, 6.07) is 8.85. The molecule has 0 unspecified atom stereocenters. The molecule has 0 fully saturated rings. The molecule has 0 atom stereocenters. The van der Waals surface area contributed by atoms with Gasteiger partial charge in [0.1, 0.15) is 0 Å². The monoisotopic (exact) mass is 347 g/mol. The number of non-ortho nitro benzene ring substituents is 1. The fourth-order valence-corrected chi connectivity index (χ4v) is 1.53. The standard InChI is InChI=1S/C13H12N4O3.Ca.ClH/c18-13(15-9-10-2-1-7-14-8-10)16-11-3-5-12(6-4-11)17(19)20;;/h1-8H,9H2,(H2,15,16,18);;1H/q;+2;/p-1. The summed E-state index contributed by atoms with van der Waals surface area (Å²) in [6.07, 6.45) is 3.31. The van der Waals surface area contributed by atoms with E-state index in [4.69, 9.17) is 0 Å². The number of carbonyl (C=O) groups is 1. The van der Waals surface area contributed by atoms with Crippen molar-refractivity contribution in [2.45, 2.75) is 6.54 Å². The molecule has 2 aromatic rings. The van der Waals surface area contributed by atoms with Gasteiger partial charge in [-0.15, -0.1) is 0 Å². The van der Waals surface area contributed by atoms with Crippen molar-refractivity contribution in [3.05, 3.63) is 64.5 Å². The number of benzene rings is 1. The Balaban J connectivity index is 0.00000220. The molecule has 2 rings (SSSR count). The van der Waals surface area contributed by atoms with Crippen LogP contribution in [0, 0.1) is 10.1 Å². The number of nitro groups is 1. The second-order valence-corrected chi connectivity index (χ2v) is 3.97. The Morgan fingerprint density at radius 3 is 2.45 bits per heavy atom. The molecule has 7 nitrogen and oxygen atoms in total. The first kappa shape index (κ1) is 20.6. The van der Waals surface area contributed by atoms with Crippen LogP contribution in [0.1, 0.15) is 5.56 Å². The molecule has 0 radical (unpaired) electrons. The summed E-state index contributed by atoms with van der Waals surface area (Å²) in [5, 5.41) is 15.7. The number of urea groups is 1. The number of aromatic nitrogens is 1. The van der Waals surface area contributed by atoms with Crippen molar-refractivity contribution in [1.82, 2.24) is 10.3 Å². The number of carbonyl (C=O) groups excluding carboxylic acids is 1. The van der Waals surface area contributed by atoms with E-state index in [0.717, 1.165) is 5.56 Å². The van der Waals surface area contributed by atoms with E-state index < -0.39 is 4.92 Å². The number of nitro benzene ring substituents is 1.